The summed E-state index contributed by atoms with van der Waals surface area (Å²) in [5.74, 6) is -0.788. The number of esters is 1. The Bertz CT molecular complexity index is 1090. The molecule has 3 rings (SSSR count). The first-order valence-corrected chi connectivity index (χ1v) is 9.55. The topological polar surface area (TPSA) is 103 Å². The lowest BCUT2D eigenvalue weighted by Crippen LogP contribution is -2.30. The number of rotatable bonds is 6. The summed E-state index contributed by atoms with van der Waals surface area (Å²) < 4.78 is 6.36. The number of aryl methyl sites for hydroxylation is 1. The van der Waals surface area contributed by atoms with E-state index in [4.69, 9.17) is 4.74 Å². The van der Waals surface area contributed by atoms with Crippen LogP contribution in [0.3, 0.4) is 0 Å². The zero-order valence-corrected chi connectivity index (χ0v) is 16.6. The molecule has 9 heteroatoms. The average Bonchev–Trinajstić information content (AvgIpc) is 3.09. The van der Waals surface area contributed by atoms with Gasteiger partial charge in [0.2, 0.25) is 4.96 Å². The van der Waals surface area contributed by atoms with Crippen LogP contribution in [0.2, 0.25) is 0 Å². The molecular weight excluding hydrogens is 380 g/mol. The molecule has 0 aliphatic rings. The number of nitrogens with zero attached hydrogens (tertiary/aromatic N) is 3. The largest absolute Gasteiger partial charge is 0.458 e. The SMILES string of the molecule is Cc1cccc(C(=O)NCC(=O)OCc2cc(=O)n3nc(C(C)C)sc3n2)c1. The van der Waals surface area contributed by atoms with Gasteiger partial charge in [-0.3, -0.25) is 14.4 Å². The second-order valence-corrected chi connectivity index (χ2v) is 7.58. The van der Waals surface area contributed by atoms with Crippen LogP contribution in [0.1, 0.15) is 46.4 Å². The van der Waals surface area contributed by atoms with Crippen molar-refractivity contribution >= 4 is 28.2 Å². The molecule has 0 spiro atoms. The van der Waals surface area contributed by atoms with Crippen molar-refractivity contribution in [2.24, 2.45) is 0 Å². The number of amides is 1. The minimum absolute atomic E-state index is 0.153. The number of hydrogen-bond donors (Lipinski definition) is 1. The third-order valence-corrected chi connectivity index (χ3v) is 5.07. The Morgan fingerprint density at radius 1 is 1.29 bits per heavy atom. The highest BCUT2D eigenvalue weighted by molar-refractivity contribution is 7.16. The molecule has 1 amide bonds. The lowest BCUT2D eigenvalue weighted by atomic mass is 10.1. The Balaban J connectivity index is 1.58. The van der Waals surface area contributed by atoms with Crippen molar-refractivity contribution in [1.82, 2.24) is 19.9 Å². The van der Waals surface area contributed by atoms with Crippen molar-refractivity contribution < 1.29 is 14.3 Å². The van der Waals surface area contributed by atoms with Crippen LogP contribution >= 0.6 is 11.3 Å². The normalized spacial score (nSPS) is 11.0. The summed E-state index contributed by atoms with van der Waals surface area (Å²) in [5, 5.41) is 7.55. The average molecular weight is 400 g/mol. The van der Waals surface area contributed by atoms with Crippen LogP contribution in [-0.2, 0) is 16.1 Å². The van der Waals surface area contributed by atoms with E-state index in [1.54, 1.807) is 18.2 Å². The van der Waals surface area contributed by atoms with Gasteiger partial charge in [0.25, 0.3) is 11.5 Å². The smallest absolute Gasteiger partial charge is 0.325 e. The van der Waals surface area contributed by atoms with E-state index in [9.17, 15) is 14.4 Å². The number of aromatic nitrogens is 3. The molecule has 0 radical (unpaired) electrons. The first-order valence-electron chi connectivity index (χ1n) is 8.73. The fourth-order valence-electron chi connectivity index (χ4n) is 2.42. The molecule has 1 N–H and O–H groups in total. The van der Waals surface area contributed by atoms with Crippen LogP contribution in [0.5, 0.6) is 0 Å². The van der Waals surface area contributed by atoms with Crippen molar-refractivity contribution in [3.8, 4) is 0 Å². The summed E-state index contributed by atoms with van der Waals surface area (Å²) in [5.41, 5.74) is 1.43. The van der Waals surface area contributed by atoms with E-state index in [1.165, 1.54) is 21.9 Å². The Morgan fingerprint density at radius 3 is 2.79 bits per heavy atom. The van der Waals surface area contributed by atoms with Gasteiger partial charge in [-0.05, 0) is 19.1 Å². The Kier molecular flexibility index (Phi) is 5.84. The number of ether oxygens (including phenoxy) is 1. The van der Waals surface area contributed by atoms with Gasteiger partial charge in [-0.2, -0.15) is 9.61 Å². The van der Waals surface area contributed by atoms with Crippen LogP contribution in [0.25, 0.3) is 4.96 Å². The first-order chi connectivity index (χ1) is 13.3. The highest BCUT2D eigenvalue weighted by Gasteiger charge is 2.13. The summed E-state index contributed by atoms with van der Waals surface area (Å²) in [6.07, 6.45) is 0. The van der Waals surface area contributed by atoms with Crippen molar-refractivity contribution in [3.63, 3.8) is 0 Å². The van der Waals surface area contributed by atoms with Gasteiger partial charge < -0.3 is 10.1 Å². The molecule has 3 aromatic rings. The molecule has 2 heterocycles. The highest BCUT2D eigenvalue weighted by atomic mass is 32.1. The third-order valence-electron chi connectivity index (χ3n) is 3.86. The van der Waals surface area contributed by atoms with E-state index in [2.05, 4.69) is 15.4 Å². The maximum absolute atomic E-state index is 12.1. The molecule has 1 aromatic carbocycles. The van der Waals surface area contributed by atoms with Crippen LogP contribution in [0, 0.1) is 6.92 Å². The van der Waals surface area contributed by atoms with E-state index in [1.807, 2.05) is 26.8 Å². The number of benzene rings is 1. The molecule has 0 aliphatic heterocycles. The number of nitrogens with one attached hydrogen (secondary N) is 1. The lowest BCUT2D eigenvalue weighted by molar-refractivity contribution is -0.143. The maximum Gasteiger partial charge on any atom is 0.325 e. The van der Waals surface area contributed by atoms with Gasteiger partial charge in [-0.15, -0.1) is 0 Å². The molecular formula is C19H20N4O4S. The van der Waals surface area contributed by atoms with Gasteiger partial charge in [0, 0.05) is 17.5 Å². The zero-order chi connectivity index (χ0) is 20.3. The Hall–Kier alpha value is -3.07. The standard InChI is InChI=1S/C19H20N4O4S/c1-11(2)18-22-23-15(24)8-14(21-19(23)28-18)10-27-16(25)9-20-17(26)13-6-4-5-12(3)7-13/h4-8,11H,9-10H2,1-3H3,(H,20,26). The number of carbonyl (C=O) groups is 2. The fraction of sp³-hybridized carbons (Fsp3) is 0.316. The van der Waals surface area contributed by atoms with Crippen molar-refractivity contribution in [1.29, 1.82) is 0 Å². The lowest BCUT2D eigenvalue weighted by Gasteiger charge is -2.07. The van der Waals surface area contributed by atoms with Gasteiger partial charge in [0.05, 0.1) is 5.69 Å². The number of carbonyl (C=O) groups excluding carboxylic acids is 2. The molecule has 0 saturated heterocycles. The first kappa shape index (κ1) is 19.7. The minimum atomic E-state index is -0.616. The Morgan fingerprint density at radius 2 is 2.07 bits per heavy atom. The molecule has 28 heavy (non-hydrogen) atoms. The summed E-state index contributed by atoms with van der Waals surface area (Å²) in [4.78, 5) is 40.9. The molecule has 0 aliphatic carbocycles. The molecule has 0 fully saturated rings. The second-order valence-electron chi connectivity index (χ2n) is 6.59. The van der Waals surface area contributed by atoms with Crippen LogP contribution in [0.15, 0.2) is 35.1 Å². The minimum Gasteiger partial charge on any atom is -0.458 e. The summed E-state index contributed by atoms with van der Waals surface area (Å²) in [6, 6.07) is 8.33. The molecule has 0 bridgehead atoms. The fourth-order valence-corrected chi connectivity index (χ4v) is 3.35. The molecule has 8 nitrogen and oxygen atoms in total. The van der Waals surface area contributed by atoms with E-state index in [-0.39, 0.29) is 30.5 Å². The maximum atomic E-state index is 12.1. The van der Waals surface area contributed by atoms with Gasteiger partial charge in [0.15, 0.2) is 0 Å². The Labute approximate surface area is 165 Å². The summed E-state index contributed by atoms with van der Waals surface area (Å²) in [7, 11) is 0. The third kappa shape index (κ3) is 4.61. The number of hydrogen-bond acceptors (Lipinski definition) is 7. The van der Waals surface area contributed by atoms with E-state index in [0.717, 1.165) is 10.6 Å². The quantitative estimate of drug-likeness (QED) is 0.636. The molecule has 146 valence electrons. The second kappa shape index (κ2) is 8.30. The van der Waals surface area contributed by atoms with E-state index < -0.39 is 5.97 Å². The van der Waals surface area contributed by atoms with Gasteiger partial charge in [0.1, 0.15) is 18.2 Å². The van der Waals surface area contributed by atoms with Crippen LogP contribution in [-0.4, -0.2) is 33.0 Å². The summed E-state index contributed by atoms with van der Waals surface area (Å²) in [6.45, 7) is 5.42. The van der Waals surface area contributed by atoms with Crippen molar-refractivity contribution in [2.45, 2.75) is 33.3 Å². The number of fused-ring (bicyclic) bond motifs is 1. The predicted molar refractivity (Wildman–Crippen MR) is 105 cm³/mol. The van der Waals surface area contributed by atoms with Crippen molar-refractivity contribution in [3.05, 3.63) is 62.5 Å². The zero-order valence-electron chi connectivity index (χ0n) is 15.8. The molecule has 0 atom stereocenters. The van der Waals surface area contributed by atoms with Gasteiger partial charge in [-0.25, -0.2) is 4.98 Å². The monoisotopic (exact) mass is 400 g/mol. The highest BCUT2D eigenvalue weighted by Crippen LogP contribution is 2.19. The predicted octanol–water partition coefficient (Wildman–Crippen LogP) is 2.06. The van der Waals surface area contributed by atoms with Crippen LogP contribution < -0.4 is 10.9 Å². The van der Waals surface area contributed by atoms with Crippen molar-refractivity contribution in [2.75, 3.05) is 6.54 Å². The van der Waals surface area contributed by atoms with E-state index in [0.29, 0.717) is 16.2 Å². The van der Waals surface area contributed by atoms with Gasteiger partial charge in [-0.1, -0.05) is 42.9 Å². The molecule has 2 aromatic heterocycles. The van der Waals surface area contributed by atoms with E-state index >= 15 is 0 Å². The summed E-state index contributed by atoms with van der Waals surface area (Å²) >= 11 is 1.32. The van der Waals surface area contributed by atoms with Crippen LogP contribution in [0.4, 0.5) is 0 Å². The molecule has 0 saturated carbocycles. The molecule has 0 unspecified atom stereocenters. The van der Waals surface area contributed by atoms with Gasteiger partial charge >= 0.3 is 5.97 Å².